The number of carbonyl (C=O) groups is 1. The molecule has 2 aliphatic rings. The summed E-state index contributed by atoms with van der Waals surface area (Å²) >= 11 is 12.1. The Balaban J connectivity index is 0.00000147. The number of amides is 1. The van der Waals surface area contributed by atoms with Gasteiger partial charge in [-0.1, -0.05) is 23.2 Å². The Morgan fingerprint density at radius 1 is 1.20 bits per heavy atom. The average molecular weight is 336 g/mol. The Kier molecular flexibility index (Phi) is 5.19. The molecule has 2 saturated heterocycles. The number of carbonyl (C=O) groups excluding carboxylic acids is 1. The highest BCUT2D eigenvalue weighted by atomic mass is 35.5. The largest absolute Gasteiger partial charge is 0.337 e. The topological polar surface area (TPSA) is 32.3 Å². The van der Waals surface area contributed by atoms with Gasteiger partial charge in [0.1, 0.15) is 0 Å². The molecule has 0 aromatic heterocycles. The number of hydrogen-bond acceptors (Lipinski definition) is 2. The van der Waals surface area contributed by atoms with E-state index in [-0.39, 0.29) is 18.3 Å². The van der Waals surface area contributed by atoms with Crippen molar-refractivity contribution in [3.63, 3.8) is 0 Å². The first kappa shape index (κ1) is 15.9. The van der Waals surface area contributed by atoms with Crippen molar-refractivity contribution in [3.05, 3.63) is 33.8 Å². The lowest BCUT2D eigenvalue weighted by atomic mass is 10.1. The van der Waals surface area contributed by atoms with Gasteiger partial charge >= 0.3 is 0 Å². The van der Waals surface area contributed by atoms with Crippen molar-refractivity contribution in [3.8, 4) is 0 Å². The van der Waals surface area contributed by atoms with Crippen molar-refractivity contribution in [2.75, 3.05) is 13.1 Å². The van der Waals surface area contributed by atoms with Crippen LogP contribution in [0.1, 0.15) is 29.6 Å². The van der Waals surface area contributed by atoms with Crippen LogP contribution in [0.3, 0.4) is 0 Å². The maximum Gasteiger partial charge on any atom is 0.255 e. The third-order valence-electron chi connectivity index (χ3n) is 3.97. The summed E-state index contributed by atoms with van der Waals surface area (Å²) in [6.45, 7) is 1.55. The normalized spacial score (nSPS) is 25.0. The summed E-state index contributed by atoms with van der Waals surface area (Å²) in [5.41, 5.74) is 0.506. The molecule has 2 heterocycles. The van der Waals surface area contributed by atoms with E-state index < -0.39 is 0 Å². The van der Waals surface area contributed by atoms with Crippen molar-refractivity contribution in [1.82, 2.24) is 10.2 Å². The number of likely N-dealkylation sites (tertiary alicyclic amines) is 1. The standard InChI is InChI=1S/C14H16Cl2N2O.ClH/c15-9-1-4-13(16)12(7-9)14(19)18-6-5-10-2-3-11(8-18)17-10;/h1,4,7,10-11,17H,2-3,5-6,8H2;1H. The van der Waals surface area contributed by atoms with E-state index in [9.17, 15) is 4.79 Å². The van der Waals surface area contributed by atoms with E-state index in [2.05, 4.69) is 5.32 Å². The van der Waals surface area contributed by atoms with Crippen LogP contribution in [0.25, 0.3) is 0 Å². The lowest BCUT2D eigenvalue weighted by Gasteiger charge is -2.24. The smallest absolute Gasteiger partial charge is 0.255 e. The summed E-state index contributed by atoms with van der Waals surface area (Å²) in [6.07, 6.45) is 3.39. The van der Waals surface area contributed by atoms with Gasteiger partial charge in [0.15, 0.2) is 0 Å². The fraction of sp³-hybridized carbons (Fsp3) is 0.500. The van der Waals surface area contributed by atoms with E-state index in [1.54, 1.807) is 18.2 Å². The predicted molar refractivity (Wildman–Crippen MR) is 84.2 cm³/mol. The van der Waals surface area contributed by atoms with Crippen molar-refractivity contribution >= 4 is 41.5 Å². The molecule has 2 atom stereocenters. The Labute approximate surface area is 135 Å². The highest BCUT2D eigenvalue weighted by Gasteiger charge is 2.31. The lowest BCUT2D eigenvalue weighted by molar-refractivity contribution is 0.0748. The molecule has 3 rings (SSSR count). The molecule has 2 unspecified atom stereocenters. The molecule has 1 aromatic rings. The molecule has 6 heteroatoms. The molecule has 2 fully saturated rings. The SMILES string of the molecule is Cl.O=C(c1cc(Cl)ccc1Cl)N1CCC2CCC(C1)N2. The zero-order valence-corrected chi connectivity index (χ0v) is 13.3. The molecule has 0 spiro atoms. The van der Waals surface area contributed by atoms with Gasteiger partial charge in [0.25, 0.3) is 5.91 Å². The molecule has 1 N–H and O–H groups in total. The van der Waals surface area contributed by atoms with Crippen LogP contribution in [0.2, 0.25) is 10.0 Å². The van der Waals surface area contributed by atoms with Gasteiger partial charge in [-0.3, -0.25) is 4.79 Å². The maximum absolute atomic E-state index is 12.6. The van der Waals surface area contributed by atoms with Gasteiger partial charge < -0.3 is 10.2 Å². The van der Waals surface area contributed by atoms with E-state index >= 15 is 0 Å². The van der Waals surface area contributed by atoms with Crippen LogP contribution in [0.15, 0.2) is 18.2 Å². The van der Waals surface area contributed by atoms with Gasteiger partial charge in [-0.2, -0.15) is 0 Å². The first-order valence-corrected chi connectivity index (χ1v) is 7.39. The van der Waals surface area contributed by atoms with Gasteiger partial charge in [-0.25, -0.2) is 0 Å². The molecule has 3 nitrogen and oxygen atoms in total. The number of rotatable bonds is 1. The number of nitrogens with zero attached hydrogens (tertiary/aromatic N) is 1. The van der Waals surface area contributed by atoms with Crippen LogP contribution in [0, 0.1) is 0 Å². The third-order valence-corrected chi connectivity index (χ3v) is 4.53. The van der Waals surface area contributed by atoms with E-state index in [1.165, 1.54) is 6.42 Å². The van der Waals surface area contributed by atoms with Crippen LogP contribution >= 0.6 is 35.6 Å². The van der Waals surface area contributed by atoms with Crippen LogP contribution in [-0.2, 0) is 0 Å². The van der Waals surface area contributed by atoms with E-state index in [0.29, 0.717) is 27.7 Å². The zero-order valence-electron chi connectivity index (χ0n) is 10.9. The maximum atomic E-state index is 12.6. The second kappa shape index (κ2) is 6.52. The van der Waals surface area contributed by atoms with Crippen LogP contribution in [0.4, 0.5) is 0 Å². The van der Waals surface area contributed by atoms with E-state index in [0.717, 1.165) is 25.9 Å². The molecule has 2 aliphatic heterocycles. The van der Waals surface area contributed by atoms with Gasteiger partial charge in [0, 0.05) is 30.2 Å². The van der Waals surface area contributed by atoms with E-state index in [1.807, 2.05) is 4.90 Å². The second-order valence-corrected chi connectivity index (χ2v) is 6.15. The molecule has 20 heavy (non-hydrogen) atoms. The van der Waals surface area contributed by atoms with E-state index in [4.69, 9.17) is 23.2 Å². The zero-order chi connectivity index (χ0) is 13.4. The molecular weight excluding hydrogens is 319 g/mol. The molecule has 0 saturated carbocycles. The monoisotopic (exact) mass is 334 g/mol. The Bertz CT molecular complexity index is 509. The minimum absolute atomic E-state index is 0. The summed E-state index contributed by atoms with van der Waals surface area (Å²) in [5, 5.41) is 4.58. The lowest BCUT2D eigenvalue weighted by Crippen LogP contribution is -2.39. The Morgan fingerprint density at radius 2 is 1.95 bits per heavy atom. The van der Waals surface area contributed by atoms with Gasteiger partial charge in [0.2, 0.25) is 0 Å². The molecule has 1 amide bonds. The molecule has 110 valence electrons. The van der Waals surface area contributed by atoms with Crippen molar-refractivity contribution in [2.24, 2.45) is 0 Å². The summed E-state index contributed by atoms with van der Waals surface area (Å²) in [7, 11) is 0. The summed E-state index contributed by atoms with van der Waals surface area (Å²) in [6, 6.07) is 6.03. The van der Waals surface area contributed by atoms with Crippen LogP contribution in [0.5, 0.6) is 0 Å². The Hall–Kier alpha value is -0.480. The molecule has 1 aromatic carbocycles. The summed E-state index contributed by atoms with van der Waals surface area (Å²) < 4.78 is 0. The van der Waals surface area contributed by atoms with Crippen molar-refractivity contribution in [2.45, 2.75) is 31.3 Å². The van der Waals surface area contributed by atoms with Crippen LogP contribution in [-0.4, -0.2) is 36.0 Å². The third kappa shape index (κ3) is 3.22. The van der Waals surface area contributed by atoms with Gasteiger partial charge in [-0.15, -0.1) is 12.4 Å². The highest BCUT2D eigenvalue weighted by molar-refractivity contribution is 6.35. The minimum atomic E-state index is -0.0122. The van der Waals surface area contributed by atoms with Crippen LogP contribution < -0.4 is 5.32 Å². The molecule has 0 aliphatic carbocycles. The molecular formula is C14H17Cl3N2O. The molecule has 0 radical (unpaired) electrons. The number of halogens is 3. The Morgan fingerprint density at radius 3 is 2.75 bits per heavy atom. The molecule has 2 bridgehead atoms. The highest BCUT2D eigenvalue weighted by Crippen LogP contribution is 2.25. The number of nitrogens with one attached hydrogen (secondary N) is 1. The minimum Gasteiger partial charge on any atom is -0.337 e. The van der Waals surface area contributed by atoms with Crippen molar-refractivity contribution < 1.29 is 4.79 Å². The number of benzene rings is 1. The first-order chi connectivity index (χ1) is 9.13. The number of hydrogen-bond donors (Lipinski definition) is 1. The number of fused-ring (bicyclic) bond motifs is 2. The van der Waals surface area contributed by atoms with Gasteiger partial charge in [-0.05, 0) is 37.5 Å². The van der Waals surface area contributed by atoms with Crippen molar-refractivity contribution in [1.29, 1.82) is 0 Å². The quantitative estimate of drug-likeness (QED) is 0.853. The fourth-order valence-electron chi connectivity index (χ4n) is 2.96. The summed E-state index contributed by atoms with van der Waals surface area (Å²) in [4.78, 5) is 14.5. The first-order valence-electron chi connectivity index (χ1n) is 6.64. The average Bonchev–Trinajstić information content (AvgIpc) is 2.71. The predicted octanol–water partition coefficient (Wildman–Crippen LogP) is 3.38. The fourth-order valence-corrected chi connectivity index (χ4v) is 3.33. The summed E-state index contributed by atoms with van der Waals surface area (Å²) in [5.74, 6) is -0.0122. The second-order valence-electron chi connectivity index (χ2n) is 5.30. The van der Waals surface area contributed by atoms with Gasteiger partial charge in [0.05, 0.1) is 10.6 Å².